The van der Waals surface area contributed by atoms with Crippen LogP contribution in [0.15, 0.2) is 95.4 Å². The molecule has 2 saturated heterocycles. The van der Waals surface area contributed by atoms with Crippen LogP contribution in [0.4, 0.5) is 4.79 Å². The van der Waals surface area contributed by atoms with Crippen LogP contribution >= 0.6 is 0 Å². The number of para-hydroxylation sites is 2. The van der Waals surface area contributed by atoms with Crippen LogP contribution in [0.1, 0.15) is 59.5 Å². The molecule has 8 rings (SSSR count). The van der Waals surface area contributed by atoms with Crippen LogP contribution in [0.2, 0.25) is 0 Å². The van der Waals surface area contributed by atoms with Crippen molar-refractivity contribution in [2.45, 2.75) is 50.1 Å². The molecule has 1 aromatic heterocycles. The highest BCUT2D eigenvalue weighted by Crippen LogP contribution is 2.45. The van der Waals surface area contributed by atoms with Gasteiger partial charge >= 0.3 is 6.09 Å². The summed E-state index contributed by atoms with van der Waals surface area (Å²) < 4.78 is 12.2. The van der Waals surface area contributed by atoms with E-state index in [1.165, 1.54) is 22.3 Å². The lowest BCUT2D eigenvalue weighted by Crippen LogP contribution is -2.55. The van der Waals surface area contributed by atoms with E-state index in [0.29, 0.717) is 30.6 Å². The summed E-state index contributed by atoms with van der Waals surface area (Å²) in [5, 5.41) is 2.00. The molecule has 0 spiro atoms. The predicted octanol–water partition coefficient (Wildman–Crippen LogP) is 8.35. The molecule has 0 N–H and O–H groups in total. The Morgan fingerprint density at radius 3 is 2.12 bits per heavy atom. The summed E-state index contributed by atoms with van der Waals surface area (Å²) in [5.74, 6) is 0.0232. The quantitative estimate of drug-likeness (QED) is 0.215. The predicted molar refractivity (Wildman–Crippen MR) is 159 cm³/mol. The molecule has 3 aliphatic rings. The van der Waals surface area contributed by atoms with Gasteiger partial charge in [0.25, 0.3) is 0 Å². The molecule has 5 nitrogen and oxygen atoms in total. The Morgan fingerprint density at radius 2 is 1.39 bits per heavy atom. The topological polar surface area (TPSA) is 59.8 Å². The number of rotatable bonds is 4. The number of fused-ring (bicyclic) bond motifs is 8. The summed E-state index contributed by atoms with van der Waals surface area (Å²) in [5.41, 5.74) is 6.99. The SMILES string of the molecule is O=C(c1cccc2c1oc1ccccc12)C1CC2CCCC(C1)N2C(=O)OCC1c2ccccc2-c2ccccc21. The summed E-state index contributed by atoms with van der Waals surface area (Å²) in [7, 11) is 0. The van der Waals surface area contributed by atoms with Crippen molar-refractivity contribution in [2.75, 3.05) is 6.61 Å². The van der Waals surface area contributed by atoms with Gasteiger partial charge in [0.2, 0.25) is 0 Å². The minimum atomic E-state index is -0.244. The average molecular weight is 542 g/mol. The van der Waals surface area contributed by atoms with Crippen molar-refractivity contribution in [1.29, 1.82) is 0 Å². The number of piperidine rings is 2. The lowest BCUT2D eigenvalue weighted by atomic mass is 9.75. The fraction of sp³-hybridized carbons (Fsp3) is 0.278. The number of ketones is 1. The fourth-order valence-corrected chi connectivity index (χ4v) is 7.72. The maximum Gasteiger partial charge on any atom is 0.410 e. The van der Waals surface area contributed by atoms with Gasteiger partial charge in [0, 0.05) is 34.7 Å². The largest absolute Gasteiger partial charge is 0.455 e. The van der Waals surface area contributed by atoms with Gasteiger partial charge in [-0.05, 0) is 66.5 Å². The molecule has 204 valence electrons. The Labute approximate surface area is 238 Å². The van der Waals surface area contributed by atoms with Crippen LogP contribution in [0.25, 0.3) is 33.1 Å². The molecule has 5 heteroatoms. The Hall–Kier alpha value is -4.38. The number of carbonyl (C=O) groups is 2. The van der Waals surface area contributed by atoms with Gasteiger partial charge in [-0.3, -0.25) is 4.79 Å². The van der Waals surface area contributed by atoms with Gasteiger partial charge in [-0.15, -0.1) is 0 Å². The first-order valence-electron chi connectivity index (χ1n) is 14.7. The van der Waals surface area contributed by atoms with Gasteiger partial charge < -0.3 is 14.1 Å². The van der Waals surface area contributed by atoms with E-state index >= 15 is 0 Å². The van der Waals surface area contributed by atoms with Crippen LogP contribution in [0.5, 0.6) is 0 Å². The number of Topliss-reactive ketones (excluding diaryl/α,β-unsaturated/α-hetero) is 1. The standard InChI is InChI=1S/C36H31NO4/c38-34(31-17-8-16-30-29-15-5-6-18-33(29)41-35(30)31)22-19-23-9-7-10-24(20-22)37(23)36(39)40-21-32-27-13-3-1-11-25(27)26-12-2-4-14-28(26)32/h1-6,8,11-18,22-24,32H,7,9-10,19-21H2. The van der Waals surface area contributed by atoms with Crippen molar-refractivity contribution in [3.05, 3.63) is 108 Å². The van der Waals surface area contributed by atoms with Gasteiger partial charge in [-0.2, -0.15) is 0 Å². The third-order valence-electron chi connectivity index (χ3n) is 9.56. The van der Waals surface area contributed by atoms with Crippen LogP contribution in [0.3, 0.4) is 0 Å². The van der Waals surface area contributed by atoms with Gasteiger partial charge in [0.05, 0.1) is 5.56 Å². The first kappa shape index (κ1) is 24.4. The van der Waals surface area contributed by atoms with Crippen LogP contribution in [0, 0.1) is 5.92 Å². The first-order valence-corrected chi connectivity index (χ1v) is 14.7. The molecule has 3 heterocycles. The number of amides is 1. The second-order valence-electron chi connectivity index (χ2n) is 11.8. The van der Waals surface area contributed by atoms with Crippen molar-refractivity contribution >= 4 is 33.8 Å². The van der Waals surface area contributed by atoms with E-state index in [9.17, 15) is 9.59 Å². The number of nitrogens with zero attached hydrogens (tertiary/aromatic N) is 1. The molecule has 4 aromatic carbocycles. The molecule has 1 amide bonds. The molecule has 0 radical (unpaired) electrons. The monoisotopic (exact) mass is 541 g/mol. The van der Waals surface area contributed by atoms with Gasteiger partial charge in [-0.1, -0.05) is 78.9 Å². The average Bonchev–Trinajstić information content (AvgIpc) is 3.55. The molecule has 5 aromatic rings. The van der Waals surface area contributed by atoms with Crippen LogP contribution in [-0.4, -0.2) is 35.5 Å². The van der Waals surface area contributed by atoms with Crippen molar-refractivity contribution in [2.24, 2.45) is 5.92 Å². The molecule has 2 aliphatic heterocycles. The van der Waals surface area contributed by atoms with Gasteiger partial charge in [0.1, 0.15) is 17.8 Å². The molecule has 41 heavy (non-hydrogen) atoms. The van der Waals surface area contributed by atoms with Crippen LogP contribution in [-0.2, 0) is 4.74 Å². The summed E-state index contributed by atoms with van der Waals surface area (Å²) in [4.78, 5) is 29.5. The Morgan fingerprint density at radius 1 is 0.756 bits per heavy atom. The number of ether oxygens (including phenoxy) is 1. The number of hydrogen-bond acceptors (Lipinski definition) is 4. The highest BCUT2D eigenvalue weighted by atomic mass is 16.6. The summed E-state index contributed by atoms with van der Waals surface area (Å²) in [6.45, 7) is 0.319. The molecule has 1 aliphatic carbocycles. The fourth-order valence-electron chi connectivity index (χ4n) is 7.72. The second kappa shape index (κ2) is 9.62. The van der Waals surface area contributed by atoms with Crippen molar-refractivity contribution in [1.82, 2.24) is 4.90 Å². The minimum Gasteiger partial charge on any atom is -0.455 e. The zero-order chi connectivity index (χ0) is 27.5. The van der Waals surface area contributed by atoms with E-state index in [4.69, 9.17) is 9.15 Å². The normalized spacial score (nSPS) is 21.6. The van der Waals surface area contributed by atoms with E-state index in [0.717, 1.165) is 35.6 Å². The first-order chi connectivity index (χ1) is 20.2. The zero-order valence-corrected chi connectivity index (χ0v) is 22.8. The Bertz CT molecular complexity index is 1760. The van der Waals surface area contributed by atoms with Crippen molar-refractivity contribution in [3.63, 3.8) is 0 Å². The maximum absolute atomic E-state index is 13.9. The van der Waals surface area contributed by atoms with Gasteiger partial charge in [-0.25, -0.2) is 4.79 Å². The number of furan rings is 1. The van der Waals surface area contributed by atoms with E-state index in [1.807, 2.05) is 47.4 Å². The minimum absolute atomic E-state index is 0.0157. The maximum atomic E-state index is 13.9. The molecule has 2 fully saturated rings. The summed E-state index contributed by atoms with van der Waals surface area (Å²) in [6, 6.07) is 30.6. The lowest BCUT2D eigenvalue weighted by molar-refractivity contribution is 0.00652. The molecule has 2 atom stereocenters. The smallest absolute Gasteiger partial charge is 0.410 e. The highest BCUT2D eigenvalue weighted by Gasteiger charge is 2.44. The van der Waals surface area contributed by atoms with E-state index in [-0.39, 0.29) is 35.8 Å². The third kappa shape index (κ3) is 3.90. The lowest BCUT2D eigenvalue weighted by Gasteiger charge is -2.47. The van der Waals surface area contributed by atoms with Crippen molar-refractivity contribution < 1.29 is 18.7 Å². The number of benzene rings is 4. The van der Waals surface area contributed by atoms with E-state index in [1.54, 1.807) is 0 Å². The Balaban J connectivity index is 1.01. The summed E-state index contributed by atoms with van der Waals surface area (Å²) >= 11 is 0. The van der Waals surface area contributed by atoms with E-state index in [2.05, 4.69) is 48.5 Å². The highest BCUT2D eigenvalue weighted by molar-refractivity contribution is 6.14. The third-order valence-corrected chi connectivity index (χ3v) is 9.56. The molecule has 2 unspecified atom stereocenters. The van der Waals surface area contributed by atoms with Gasteiger partial charge in [0.15, 0.2) is 5.78 Å². The van der Waals surface area contributed by atoms with Crippen LogP contribution < -0.4 is 0 Å². The molecule has 0 saturated carbocycles. The van der Waals surface area contributed by atoms with Crippen molar-refractivity contribution in [3.8, 4) is 11.1 Å². The molecule has 2 bridgehead atoms. The number of carbonyl (C=O) groups excluding carboxylic acids is 2. The zero-order valence-electron chi connectivity index (χ0n) is 22.8. The molecular weight excluding hydrogens is 510 g/mol. The summed E-state index contributed by atoms with van der Waals surface area (Å²) in [6.07, 6.45) is 3.96. The van der Waals surface area contributed by atoms with E-state index < -0.39 is 0 Å². The Kier molecular flexibility index (Phi) is 5.73. The second-order valence-corrected chi connectivity index (χ2v) is 11.8. The molecular formula is C36H31NO4. The number of hydrogen-bond donors (Lipinski definition) is 0.